The number of hydrogen-bond acceptors (Lipinski definition) is 4. The van der Waals surface area contributed by atoms with Gasteiger partial charge in [-0.1, -0.05) is 11.6 Å². The second-order valence-corrected chi connectivity index (χ2v) is 5.60. The molecule has 0 spiro atoms. The van der Waals surface area contributed by atoms with Crippen molar-refractivity contribution in [2.24, 2.45) is 0 Å². The van der Waals surface area contributed by atoms with Gasteiger partial charge in [0.05, 0.1) is 13.2 Å². The molecule has 106 valence electrons. The van der Waals surface area contributed by atoms with Crippen molar-refractivity contribution in [1.29, 1.82) is 0 Å². The van der Waals surface area contributed by atoms with Crippen LogP contribution in [0.2, 0.25) is 5.02 Å². The van der Waals surface area contributed by atoms with E-state index in [2.05, 4.69) is 0 Å². The normalized spacial score (nSPS) is 15.6. The van der Waals surface area contributed by atoms with Gasteiger partial charge in [0, 0.05) is 24.8 Å². The Morgan fingerprint density at radius 3 is 2.45 bits per heavy atom. The van der Waals surface area contributed by atoms with Gasteiger partial charge in [-0.25, -0.2) is 4.55 Å². The molecule has 20 heavy (non-hydrogen) atoms. The van der Waals surface area contributed by atoms with E-state index in [9.17, 15) is 13.9 Å². The minimum atomic E-state index is -4.75. The van der Waals surface area contributed by atoms with Gasteiger partial charge in [0.25, 0.3) is 0 Å². The molecule has 1 N–H and O–H groups in total. The molecular formula is C10H13ClKN3O4S. The van der Waals surface area contributed by atoms with E-state index in [0.717, 1.165) is 5.69 Å². The zero-order valence-corrected chi connectivity index (χ0v) is 11.4. The van der Waals surface area contributed by atoms with Crippen LogP contribution in [0.25, 0.3) is 5.53 Å². The Hall–Kier alpha value is 0.416. The number of benzene rings is 1. The molecule has 0 unspecified atom stereocenters. The molecule has 0 atom stereocenters. The van der Waals surface area contributed by atoms with E-state index in [1.54, 1.807) is 6.07 Å². The number of ether oxygens (including phenoxy) is 1. The molecule has 1 saturated heterocycles. The molecule has 1 aliphatic rings. The van der Waals surface area contributed by atoms with E-state index in [0.29, 0.717) is 26.3 Å². The molecule has 0 bridgehead atoms. The summed E-state index contributed by atoms with van der Waals surface area (Å²) in [4.78, 5) is 2.02. The Kier molecular flexibility index (Phi) is 7.03. The van der Waals surface area contributed by atoms with Gasteiger partial charge in [0.1, 0.15) is 5.02 Å². The summed E-state index contributed by atoms with van der Waals surface area (Å²) in [5, 5.41) is 0.0177. The molecule has 7 nitrogen and oxygen atoms in total. The van der Waals surface area contributed by atoms with Crippen molar-refractivity contribution in [3.8, 4) is 0 Å². The summed E-state index contributed by atoms with van der Waals surface area (Å²) >= 11 is 5.91. The van der Waals surface area contributed by atoms with Crippen molar-refractivity contribution in [3.05, 3.63) is 28.8 Å². The van der Waals surface area contributed by atoms with Gasteiger partial charge in [-0.3, -0.25) is 0 Å². The molecule has 0 amide bonds. The molecule has 1 fully saturated rings. The maximum absolute atomic E-state index is 10.8. The third-order valence-electron chi connectivity index (χ3n) is 2.73. The van der Waals surface area contributed by atoms with Crippen LogP contribution in [0.1, 0.15) is 0 Å². The Bertz CT molecular complexity index is 605. The van der Waals surface area contributed by atoms with Gasteiger partial charge in [0.2, 0.25) is 5.69 Å². The summed E-state index contributed by atoms with van der Waals surface area (Å²) in [6.07, 6.45) is 0. The predicted octanol–water partition coefficient (Wildman–Crippen LogP) is 0.997. The number of nitrogens with zero attached hydrogens (tertiary/aromatic N) is 3. The maximum atomic E-state index is 10.8. The second-order valence-electron chi connectivity index (χ2n) is 3.96. The SMILES string of the molecule is [KH].[N-]=[N+](c1ccc(N2CCOCC2)cc1Cl)S(=O)(=O)O. The van der Waals surface area contributed by atoms with Crippen molar-refractivity contribution < 1.29 is 21.8 Å². The molecule has 0 radical (unpaired) electrons. The van der Waals surface area contributed by atoms with E-state index in [1.807, 2.05) is 4.90 Å². The fourth-order valence-corrected chi connectivity index (χ4v) is 2.51. The van der Waals surface area contributed by atoms with Crippen LogP contribution < -0.4 is 4.90 Å². The number of hydrogen-bond donors (Lipinski definition) is 1. The molecule has 1 aromatic rings. The van der Waals surface area contributed by atoms with Gasteiger partial charge in [-0.2, -0.15) is 0 Å². The van der Waals surface area contributed by atoms with Crippen molar-refractivity contribution in [3.63, 3.8) is 0 Å². The zero-order chi connectivity index (χ0) is 14.0. The molecule has 0 aliphatic carbocycles. The smallest absolute Gasteiger partial charge is 0.478 e. The fraction of sp³-hybridized carbons (Fsp3) is 0.400. The number of halogens is 1. The van der Waals surface area contributed by atoms with Crippen molar-refractivity contribution in [1.82, 2.24) is 0 Å². The van der Waals surface area contributed by atoms with Crippen molar-refractivity contribution >= 4 is 84.7 Å². The summed E-state index contributed by atoms with van der Waals surface area (Å²) in [6.45, 7) is 2.63. The fourth-order valence-electron chi connectivity index (χ4n) is 1.79. The first kappa shape index (κ1) is 18.5. The number of rotatable bonds is 3. The van der Waals surface area contributed by atoms with E-state index in [4.69, 9.17) is 20.9 Å². The molecule has 1 aliphatic heterocycles. The standard InChI is InChI=1S/C10H12ClN3O4S.K.H/c11-9-7-8(13-3-5-18-6-4-13)1-2-10(9)14(12)19(15,16)17;;/h1-2,7H,3-6H2,(H,15,16,17);;. The van der Waals surface area contributed by atoms with Crippen LogP contribution in [0.5, 0.6) is 0 Å². The van der Waals surface area contributed by atoms with Crippen LogP contribution in [0.3, 0.4) is 0 Å². The largest absolute Gasteiger partial charge is 0.501 e. The van der Waals surface area contributed by atoms with Gasteiger partial charge in [-0.15, -0.1) is 12.5 Å². The molecule has 2 rings (SSSR count). The first-order chi connectivity index (χ1) is 8.89. The van der Waals surface area contributed by atoms with Crippen LogP contribution in [0.4, 0.5) is 11.4 Å². The molecule has 0 saturated carbocycles. The summed E-state index contributed by atoms with van der Waals surface area (Å²) in [7, 11) is -4.75. The van der Waals surface area contributed by atoms with Gasteiger partial charge in [-0.05, 0) is 12.1 Å². The second kappa shape index (κ2) is 7.61. The number of morpholine rings is 1. The number of anilines is 1. The predicted molar refractivity (Wildman–Crippen MR) is 76.5 cm³/mol. The molecule has 0 aromatic heterocycles. The third-order valence-corrected chi connectivity index (χ3v) is 3.67. The van der Waals surface area contributed by atoms with E-state index in [-0.39, 0.29) is 66.2 Å². The monoisotopic (exact) mass is 345 g/mol. The quantitative estimate of drug-likeness (QED) is 0.382. The topological polar surface area (TPSA) is 92.2 Å². The van der Waals surface area contributed by atoms with E-state index >= 15 is 0 Å². The van der Waals surface area contributed by atoms with Crippen molar-refractivity contribution in [2.75, 3.05) is 31.2 Å². The van der Waals surface area contributed by atoms with Gasteiger partial charge in [0.15, 0.2) is 0 Å². The first-order valence-corrected chi connectivity index (χ1v) is 7.26. The summed E-state index contributed by atoms with van der Waals surface area (Å²) in [5.74, 6) is 0. The van der Waals surface area contributed by atoms with Gasteiger partial charge >= 0.3 is 61.7 Å². The van der Waals surface area contributed by atoms with Crippen LogP contribution in [-0.2, 0) is 15.0 Å². The Morgan fingerprint density at radius 1 is 1.35 bits per heavy atom. The average molecular weight is 346 g/mol. The van der Waals surface area contributed by atoms with Crippen LogP contribution in [-0.4, -0.2) is 94.8 Å². The summed E-state index contributed by atoms with van der Waals surface area (Å²) in [6, 6.07) is 4.46. The third kappa shape index (κ3) is 4.45. The Labute approximate surface area is 164 Å². The van der Waals surface area contributed by atoms with E-state index in [1.165, 1.54) is 12.1 Å². The maximum Gasteiger partial charge on any atom is 0.501 e. The molecular weight excluding hydrogens is 333 g/mol. The van der Waals surface area contributed by atoms with Gasteiger partial charge < -0.3 is 15.2 Å². The van der Waals surface area contributed by atoms with E-state index < -0.39 is 10.3 Å². The zero-order valence-electron chi connectivity index (χ0n) is 9.86. The Morgan fingerprint density at radius 2 is 1.95 bits per heavy atom. The first-order valence-electron chi connectivity index (χ1n) is 5.48. The average Bonchev–Trinajstić information content (AvgIpc) is 2.38. The van der Waals surface area contributed by atoms with Crippen LogP contribution in [0, 0.1) is 0 Å². The molecule has 1 heterocycles. The minimum Gasteiger partial charge on any atom is -0.478 e. The molecule has 10 heteroatoms. The summed E-state index contributed by atoms with van der Waals surface area (Å²) in [5.41, 5.74) is 9.90. The van der Waals surface area contributed by atoms with Crippen LogP contribution in [0.15, 0.2) is 18.2 Å². The van der Waals surface area contributed by atoms with Crippen LogP contribution >= 0.6 is 11.6 Å². The summed E-state index contributed by atoms with van der Waals surface area (Å²) < 4.78 is 35.3. The minimum absolute atomic E-state index is 0. The Balaban J connectivity index is 0.00000200. The molecule has 1 aromatic carbocycles. The van der Waals surface area contributed by atoms with Crippen molar-refractivity contribution in [2.45, 2.75) is 0 Å².